The minimum atomic E-state index is -0.0798. The third-order valence-electron chi connectivity index (χ3n) is 6.77. The summed E-state index contributed by atoms with van der Waals surface area (Å²) >= 11 is 5.59. The van der Waals surface area contributed by atoms with Crippen LogP contribution in [0.2, 0.25) is 0 Å². The normalized spacial score (nSPS) is 17.1. The average molecular weight is 550 g/mol. The van der Waals surface area contributed by atoms with E-state index in [1.807, 2.05) is 12.1 Å². The van der Waals surface area contributed by atoms with Crippen LogP contribution in [0.15, 0.2) is 36.7 Å². The third kappa shape index (κ3) is 6.72. The highest BCUT2D eigenvalue weighted by Gasteiger charge is 2.30. The Bertz CT molecular complexity index is 1360. The van der Waals surface area contributed by atoms with Crippen LogP contribution >= 0.6 is 12.2 Å². The van der Waals surface area contributed by atoms with E-state index in [1.54, 1.807) is 31.6 Å². The molecule has 0 bridgehead atoms. The molecule has 0 amide bonds. The van der Waals surface area contributed by atoms with Crippen molar-refractivity contribution in [2.45, 2.75) is 57.9 Å². The number of nitrogens with one attached hydrogen (secondary N) is 3. The van der Waals surface area contributed by atoms with Crippen molar-refractivity contribution in [1.82, 2.24) is 19.7 Å². The van der Waals surface area contributed by atoms with Crippen LogP contribution in [0.4, 0.5) is 17.3 Å². The summed E-state index contributed by atoms with van der Waals surface area (Å²) in [6, 6.07) is 7.65. The van der Waals surface area contributed by atoms with Gasteiger partial charge in [-0.2, -0.15) is 5.10 Å². The molecule has 2 aliphatic rings. The number of nitrogens with zero attached hydrogens (tertiary/aromatic N) is 4. The molecule has 0 aromatic carbocycles. The fourth-order valence-electron chi connectivity index (χ4n) is 4.54. The number of aromatic nitrogens is 4. The van der Waals surface area contributed by atoms with Gasteiger partial charge >= 0.3 is 0 Å². The van der Waals surface area contributed by atoms with Crippen LogP contribution < -0.4 is 20.7 Å². The largest absolute Gasteiger partial charge is 0.456 e. The number of Topliss-reactive ketones (excluding diaryl/α,β-unsaturated/α-hetero) is 1. The zero-order chi connectivity index (χ0) is 27.6. The molecule has 2 fully saturated rings. The first-order chi connectivity index (χ1) is 18.7. The number of carbonyl (C=O) groups is 1. The molecule has 1 saturated heterocycles. The summed E-state index contributed by atoms with van der Waals surface area (Å²) in [6.45, 7) is 7.92. The monoisotopic (exact) mass is 549 g/mol. The van der Waals surface area contributed by atoms with Gasteiger partial charge in [0.2, 0.25) is 0 Å². The van der Waals surface area contributed by atoms with Gasteiger partial charge in [0, 0.05) is 61.5 Å². The summed E-state index contributed by atoms with van der Waals surface area (Å²) < 4.78 is 13.7. The van der Waals surface area contributed by atoms with Crippen molar-refractivity contribution >= 4 is 40.4 Å². The van der Waals surface area contributed by atoms with Crippen LogP contribution in [0.1, 0.15) is 57.5 Å². The molecule has 1 aliphatic heterocycles. The lowest BCUT2D eigenvalue weighted by molar-refractivity contribution is -0.119. The number of hydrogen-bond acceptors (Lipinski definition) is 8. The summed E-state index contributed by atoms with van der Waals surface area (Å²) in [7, 11) is 1.80. The van der Waals surface area contributed by atoms with Crippen molar-refractivity contribution in [3.8, 4) is 11.5 Å². The molecule has 0 spiro atoms. The third-order valence-corrected chi connectivity index (χ3v) is 6.98. The molecule has 1 atom stereocenters. The lowest BCUT2D eigenvalue weighted by Gasteiger charge is -2.22. The minimum absolute atomic E-state index is 0.0798. The van der Waals surface area contributed by atoms with E-state index in [9.17, 15) is 4.79 Å². The van der Waals surface area contributed by atoms with Crippen molar-refractivity contribution in [1.29, 1.82) is 0 Å². The topological polar surface area (TPSA) is 115 Å². The second-order valence-corrected chi connectivity index (χ2v) is 11.4. The van der Waals surface area contributed by atoms with Crippen LogP contribution in [0.25, 0.3) is 0 Å². The van der Waals surface area contributed by atoms with Gasteiger partial charge in [-0.05, 0) is 37.5 Å². The van der Waals surface area contributed by atoms with Crippen molar-refractivity contribution in [3.63, 3.8) is 0 Å². The molecule has 0 unspecified atom stereocenters. The quantitative estimate of drug-likeness (QED) is 0.312. The van der Waals surface area contributed by atoms with Crippen LogP contribution in [0.3, 0.4) is 0 Å². The second kappa shape index (κ2) is 11.3. The SMILES string of the molecule is CNc1cc(Oc2ccnc(CC(=O)C3CC3)c2)cnc1NC(=S)Nc1cc(C(C)(C)C)n([C@@H]2CCOC2)n1. The van der Waals surface area contributed by atoms with E-state index in [4.69, 9.17) is 26.8 Å². The van der Waals surface area contributed by atoms with E-state index in [1.165, 1.54) is 0 Å². The molecule has 11 heteroatoms. The van der Waals surface area contributed by atoms with Crippen molar-refractivity contribution in [2.75, 3.05) is 36.2 Å². The number of pyridine rings is 2. The standard InChI is InChI=1S/C28H35N7O3S/c1-28(2,3)24-14-25(34-35(24)19-8-10-37-16-19)32-27(39)33-26-22(29-4)13-21(15-31-26)38-20-7-9-30-18(11-20)12-23(36)17-5-6-17/h7,9,11,13-15,17,19,29H,5-6,8,10,12,16H2,1-4H3,(H2,31,32,33,34,39)/t19-/m1/s1. The molecule has 4 heterocycles. The Kier molecular flexibility index (Phi) is 7.81. The van der Waals surface area contributed by atoms with Crippen molar-refractivity contribution < 1.29 is 14.3 Å². The number of hydrogen-bond donors (Lipinski definition) is 3. The minimum Gasteiger partial charge on any atom is -0.456 e. The number of ketones is 1. The number of rotatable bonds is 9. The number of thiocarbonyl (C=S) groups is 1. The first kappa shape index (κ1) is 27.0. The molecule has 3 aromatic heterocycles. The van der Waals surface area contributed by atoms with Gasteiger partial charge in [-0.3, -0.25) is 14.5 Å². The molecule has 39 heavy (non-hydrogen) atoms. The Morgan fingerprint density at radius 2 is 1.97 bits per heavy atom. The first-order valence-corrected chi connectivity index (χ1v) is 13.7. The lowest BCUT2D eigenvalue weighted by Crippen LogP contribution is -2.22. The van der Waals surface area contributed by atoms with Crippen LogP contribution in [-0.2, 0) is 21.4 Å². The maximum absolute atomic E-state index is 12.2. The average Bonchev–Trinajstić information content (AvgIpc) is 3.43. The van der Waals surface area contributed by atoms with E-state index < -0.39 is 0 Å². The van der Waals surface area contributed by atoms with Gasteiger partial charge in [0.25, 0.3) is 0 Å². The fraction of sp³-hybridized carbons (Fsp3) is 0.464. The Labute approximate surface area is 233 Å². The predicted octanol–water partition coefficient (Wildman–Crippen LogP) is 5.10. The van der Waals surface area contributed by atoms with E-state index in [0.29, 0.717) is 52.7 Å². The lowest BCUT2D eigenvalue weighted by atomic mass is 9.91. The zero-order valence-electron chi connectivity index (χ0n) is 22.8. The molecule has 3 N–H and O–H groups in total. The highest BCUT2D eigenvalue weighted by Crippen LogP contribution is 2.33. The number of anilines is 3. The fourth-order valence-corrected chi connectivity index (χ4v) is 4.74. The van der Waals surface area contributed by atoms with E-state index in [0.717, 1.165) is 31.6 Å². The molecule has 0 radical (unpaired) electrons. The summed E-state index contributed by atoms with van der Waals surface area (Å²) in [5.41, 5.74) is 2.45. The Morgan fingerprint density at radius 3 is 2.67 bits per heavy atom. The Hall–Kier alpha value is -3.57. The molecular weight excluding hydrogens is 514 g/mol. The highest BCUT2D eigenvalue weighted by atomic mass is 32.1. The molecule has 1 saturated carbocycles. The number of carbonyl (C=O) groups excluding carboxylic acids is 1. The molecular formula is C28H35N7O3S. The summed E-state index contributed by atoms with van der Waals surface area (Å²) in [4.78, 5) is 21.0. The molecule has 10 nitrogen and oxygen atoms in total. The van der Waals surface area contributed by atoms with Gasteiger partial charge in [0.05, 0.1) is 30.2 Å². The maximum Gasteiger partial charge on any atom is 0.177 e. The van der Waals surface area contributed by atoms with Gasteiger partial charge < -0.3 is 25.4 Å². The molecule has 206 valence electrons. The Morgan fingerprint density at radius 1 is 1.15 bits per heavy atom. The van der Waals surface area contributed by atoms with E-state index in [2.05, 4.69) is 51.4 Å². The van der Waals surface area contributed by atoms with E-state index in [-0.39, 0.29) is 23.2 Å². The van der Waals surface area contributed by atoms with Gasteiger partial charge in [-0.15, -0.1) is 0 Å². The van der Waals surface area contributed by atoms with Crippen LogP contribution in [0, 0.1) is 5.92 Å². The van der Waals surface area contributed by atoms with Crippen LogP contribution in [0.5, 0.6) is 11.5 Å². The van der Waals surface area contributed by atoms with Crippen molar-refractivity contribution in [2.24, 2.45) is 5.92 Å². The Balaban J connectivity index is 1.25. The van der Waals surface area contributed by atoms with Crippen molar-refractivity contribution in [3.05, 3.63) is 48.0 Å². The molecule has 3 aromatic rings. The van der Waals surface area contributed by atoms with Gasteiger partial charge in [-0.1, -0.05) is 20.8 Å². The zero-order valence-corrected chi connectivity index (χ0v) is 23.6. The van der Waals surface area contributed by atoms with E-state index >= 15 is 0 Å². The van der Waals surface area contributed by atoms with Gasteiger partial charge in [-0.25, -0.2) is 4.98 Å². The summed E-state index contributed by atoms with van der Waals surface area (Å²) in [5, 5.41) is 14.7. The molecule has 5 rings (SSSR count). The summed E-state index contributed by atoms with van der Waals surface area (Å²) in [6.07, 6.45) is 6.53. The van der Waals surface area contributed by atoms with Gasteiger partial charge in [0.1, 0.15) is 17.3 Å². The van der Waals surface area contributed by atoms with Gasteiger partial charge in [0.15, 0.2) is 16.7 Å². The predicted molar refractivity (Wildman–Crippen MR) is 155 cm³/mol. The van der Waals surface area contributed by atoms with Crippen LogP contribution in [-0.4, -0.2) is 50.9 Å². The highest BCUT2D eigenvalue weighted by molar-refractivity contribution is 7.80. The second-order valence-electron chi connectivity index (χ2n) is 11.0. The number of ether oxygens (including phenoxy) is 2. The summed E-state index contributed by atoms with van der Waals surface area (Å²) in [5.74, 6) is 2.81. The first-order valence-electron chi connectivity index (χ1n) is 13.3. The molecule has 1 aliphatic carbocycles. The maximum atomic E-state index is 12.2. The smallest absolute Gasteiger partial charge is 0.177 e.